The number of imidazole rings is 1. The van der Waals surface area contributed by atoms with Gasteiger partial charge in [-0.2, -0.15) is 0 Å². The predicted octanol–water partition coefficient (Wildman–Crippen LogP) is 3.11. The second-order valence-corrected chi connectivity index (χ2v) is 6.84. The van der Waals surface area contributed by atoms with Crippen LogP contribution in [-0.2, 0) is 17.9 Å². The molecule has 0 fully saturated rings. The van der Waals surface area contributed by atoms with Crippen molar-refractivity contribution in [2.45, 2.75) is 39.8 Å². The van der Waals surface area contributed by atoms with Gasteiger partial charge in [-0.3, -0.25) is 13.9 Å². The van der Waals surface area contributed by atoms with Crippen molar-refractivity contribution < 1.29 is 9.53 Å². The summed E-state index contributed by atoms with van der Waals surface area (Å²) in [5.74, 6) is 0.696. The summed E-state index contributed by atoms with van der Waals surface area (Å²) in [6, 6.07) is 15.5. The average molecular weight is 381 g/mol. The lowest BCUT2D eigenvalue weighted by Crippen LogP contribution is -2.31. The minimum Gasteiger partial charge on any atom is -0.492 e. The minimum atomic E-state index is -0.0910. The third-order valence-electron chi connectivity index (χ3n) is 4.65. The first-order valence-corrected chi connectivity index (χ1v) is 9.74. The summed E-state index contributed by atoms with van der Waals surface area (Å²) in [5.41, 5.74) is 2.91. The first kappa shape index (κ1) is 19.7. The van der Waals surface area contributed by atoms with E-state index < -0.39 is 0 Å². The number of nitrogens with zero attached hydrogens (tertiary/aromatic N) is 2. The Morgan fingerprint density at radius 1 is 1.00 bits per heavy atom. The molecule has 0 spiro atoms. The van der Waals surface area contributed by atoms with Crippen molar-refractivity contribution in [1.29, 1.82) is 0 Å². The lowest BCUT2D eigenvalue weighted by atomic mass is 10.2. The summed E-state index contributed by atoms with van der Waals surface area (Å²) in [5, 5.41) is 2.85. The van der Waals surface area contributed by atoms with Crippen molar-refractivity contribution in [3.8, 4) is 5.75 Å². The summed E-state index contributed by atoms with van der Waals surface area (Å²) in [4.78, 5) is 24.9. The van der Waals surface area contributed by atoms with Crippen LogP contribution in [-0.4, -0.2) is 28.2 Å². The number of rotatable bonds is 9. The highest BCUT2D eigenvalue weighted by atomic mass is 16.5. The van der Waals surface area contributed by atoms with Gasteiger partial charge in [0.05, 0.1) is 17.6 Å². The van der Waals surface area contributed by atoms with Crippen molar-refractivity contribution in [3.63, 3.8) is 0 Å². The number of hydrogen-bond acceptors (Lipinski definition) is 3. The molecule has 0 aliphatic carbocycles. The maximum absolute atomic E-state index is 12.7. The summed E-state index contributed by atoms with van der Waals surface area (Å²) in [6.07, 6.45) is 1.14. The van der Waals surface area contributed by atoms with Crippen LogP contribution in [0.2, 0.25) is 0 Å². The molecule has 1 amide bonds. The lowest BCUT2D eigenvalue weighted by molar-refractivity contribution is -0.121. The Kier molecular flexibility index (Phi) is 6.53. The molecule has 0 bridgehead atoms. The van der Waals surface area contributed by atoms with Crippen molar-refractivity contribution in [1.82, 2.24) is 14.5 Å². The molecule has 0 atom stereocenters. The Morgan fingerprint density at radius 2 is 1.64 bits per heavy atom. The zero-order valence-electron chi connectivity index (χ0n) is 16.5. The van der Waals surface area contributed by atoms with E-state index in [0.29, 0.717) is 26.2 Å². The molecule has 28 heavy (non-hydrogen) atoms. The van der Waals surface area contributed by atoms with Gasteiger partial charge >= 0.3 is 5.69 Å². The van der Waals surface area contributed by atoms with Crippen molar-refractivity contribution in [2.75, 3.05) is 13.2 Å². The van der Waals surface area contributed by atoms with E-state index in [1.165, 1.54) is 5.56 Å². The molecule has 1 heterocycles. The van der Waals surface area contributed by atoms with E-state index in [4.69, 9.17) is 4.74 Å². The standard InChI is InChI=1S/C22H27N3O3/c1-3-14-24-19-6-4-5-7-20(19)25(22(24)27)15-12-21(26)23-13-16-28-18-10-8-17(2)9-11-18/h4-11H,3,12-16H2,1-2H3,(H,23,26). The smallest absolute Gasteiger partial charge is 0.329 e. The van der Waals surface area contributed by atoms with Crippen LogP contribution < -0.4 is 15.7 Å². The van der Waals surface area contributed by atoms with Gasteiger partial charge in [0.1, 0.15) is 12.4 Å². The lowest BCUT2D eigenvalue weighted by Gasteiger charge is -2.08. The normalized spacial score (nSPS) is 10.9. The second kappa shape index (κ2) is 9.26. The number of para-hydroxylation sites is 2. The van der Waals surface area contributed by atoms with E-state index in [0.717, 1.165) is 23.2 Å². The zero-order chi connectivity index (χ0) is 19.9. The maximum atomic E-state index is 12.7. The monoisotopic (exact) mass is 381 g/mol. The van der Waals surface area contributed by atoms with Gasteiger partial charge in [0.25, 0.3) is 0 Å². The van der Waals surface area contributed by atoms with Crippen LogP contribution in [0.25, 0.3) is 11.0 Å². The molecule has 6 nitrogen and oxygen atoms in total. The molecular formula is C22H27N3O3. The van der Waals surface area contributed by atoms with Crippen molar-refractivity contribution >= 4 is 16.9 Å². The van der Waals surface area contributed by atoms with Crippen LogP contribution in [0.3, 0.4) is 0 Å². The van der Waals surface area contributed by atoms with Crippen LogP contribution in [0, 0.1) is 6.92 Å². The molecule has 3 aromatic rings. The van der Waals surface area contributed by atoms with Gasteiger partial charge in [-0.15, -0.1) is 0 Å². The quantitative estimate of drug-likeness (QED) is 0.579. The number of carbonyl (C=O) groups is 1. The number of aromatic nitrogens is 2. The minimum absolute atomic E-state index is 0.0569. The third kappa shape index (κ3) is 4.63. The van der Waals surface area contributed by atoms with E-state index >= 15 is 0 Å². The van der Waals surface area contributed by atoms with Crippen LogP contribution in [0.4, 0.5) is 0 Å². The van der Waals surface area contributed by atoms with E-state index in [9.17, 15) is 9.59 Å². The number of ether oxygens (including phenoxy) is 1. The molecule has 0 radical (unpaired) electrons. The Balaban J connectivity index is 1.52. The number of aryl methyl sites for hydroxylation is 3. The maximum Gasteiger partial charge on any atom is 0.329 e. The molecule has 1 N–H and O–H groups in total. The first-order valence-electron chi connectivity index (χ1n) is 9.74. The van der Waals surface area contributed by atoms with E-state index in [1.807, 2.05) is 62.4 Å². The van der Waals surface area contributed by atoms with Crippen molar-refractivity contribution in [2.24, 2.45) is 0 Å². The number of fused-ring (bicyclic) bond motifs is 1. The summed E-state index contributed by atoms with van der Waals surface area (Å²) < 4.78 is 9.08. The molecule has 0 saturated heterocycles. The highest BCUT2D eigenvalue weighted by Crippen LogP contribution is 2.14. The van der Waals surface area contributed by atoms with Crippen LogP contribution in [0.15, 0.2) is 53.3 Å². The van der Waals surface area contributed by atoms with E-state index in [-0.39, 0.29) is 18.0 Å². The number of carbonyl (C=O) groups excluding carboxylic acids is 1. The highest BCUT2D eigenvalue weighted by Gasteiger charge is 2.13. The van der Waals surface area contributed by atoms with Gasteiger partial charge in [0.15, 0.2) is 0 Å². The topological polar surface area (TPSA) is 65.3 Å². The van der Waals surface area contributed by atoms with Crippen LogP contribution >= 0.6 is 0 Å². The zero-order valence-corrected chi connectivity index (χ0v) is 16.5. The van der Waals surface area contributed by atoms with E-state index in [2.05, 4.69) is 5.32 Å². The molecule has 148 valence electrons. The molecule has 0 aliphatic heterocycles. The molecule has 2 aromatic carbocycles. The number of amides is 1. The fraction of sp³-hybridized carbons (Fsp3) is 0.364. The molecule has 3 rings (SSSR count). The fourth-order valence-corrected chi connectivity index (χ4v) is 3.22. The summed E-state index contributed by atoms with van der Waals surface area (Å²) >= 11 is 0. The van der Waals surface area contributed by atoms with Gasteiger partial charge in [-0.25, -0.2) is 4.79 Å². The molecule has 0 aliphatic rings. The SMILES string of the molecule is CCCn1c(=O)n(CCC(=O)NCCOc2ccc(C)cc2)c2ccccc21. The predicted molar refractivity (Wildman–Crippen MR) is 111 cm³/mol. The molecule has 1 aromatic heterocycles. The number of benzene rings is 2. The Hall–Kier alpha value is -3.02. The number of nitrogens with one attached hydrogen (secondary N) is 1. The van der Waals surface area contributed by atoms with E-state index in [1.54, 1.807) is 9.13 Å². The highest BCUT2D eigenvalue weighted by molar-refractivity contribution is 5.78. The fourth-order valence-electron chi connectivity index (χ4n) is 3.22. The third-order valence-corrected chi connectivity index (χ3v) is 4.65. The van der Waals surface area contributed by atoms with Gasteiger partial charge in [0, 0.05) is 19.5 Å². The van der Waals surface area contributed by atoms with Gasteiger partial charge in [-0.1, -0.05) is 36.8 Å². The largest absolute Gasteiger partial charge is 0.492 e. The van der Waals surface area contributed by atoms with Crippen LogP contribution in [0.1, 0.15) is 25.3 Å². The average Bonchev–Trinajstić information content (AvgIpc) is 2.97. The Bertz CT molecular complexity index is 986. The Morgan fingerprint density at radius 3 is 2.29 bits per heavy atom. The van der Waals surface area contributed by atoms with Crippen LogP contribution in [0.5, 0.6) is 5.75 Å². The molecule has 0 saturated carbocycles. The second-order valence-electron chi connectivity index (χ2n) is 6.84. The molecule has 0 unspecified atom stereocenters. The molecular weight excluding hydrogens is 354 g/mol. The Labute approximate surface area is 164 Å². The van der Waals surface area contributed by atoms with Gasteiger partial charge < -0.3 is 10.1 Å². The summed E-state index contributed by atoms with van der Waals surface area (Å²) in [6.45, 7) is 5.94. The summed E-state index contributed by atoms with van der Waals surface area (Å²) in [7, 11) is 0. The van der Waals surface area contributed by atoms with Gasteiger partial charge in [-0.05, 0) is 37.6 Å². The number of hydrogen-bond donors (Lipinski definition) is 1. The van der Waals surface area contributed by atoms with Crippen molar-refractivity contribution in [3.05, 3.63) is 64.6 Å². The van der Waals surface area contributed by atoms with Gasteiger partial charge in [0.2, 0.25) is 5.91 Å². The molecule has 6 heteroatoms. The first-order chi connectivity index (χ1) is 13.6.